The van der Waals surface area contributed by atoms with Crippen molar-refractivity contribution in [3.8, 4) is 5.75 Å². The molecular weight excluding hydrogens is 164 g/mol. The van der Waals surface area contributed by atoms with Gasteiger partial charge in [0.15, 0.2) is 0 Å². The van der Waals surface area contributed by atoms with Crippen LogP contribution in [-0.2, 0) is 0 Å². The first-order valence-electron chi connectivity index (χ1n) is 4.50. The smallest absolute Gasteiger partial charge is 0.122 e. The van der Waals surface area contributed by atoms with Crippen LogP contribution in [0.3, 0.4) is 0 Å². The minimum Gasteiger partial charge on any atom is -0.496 e. The Morgan fingerprint density at radius 1 is 1.46 bits per heavy atom. The Morgan fingerprint density at radius 2 is 2.23 bits per heavy atom. The van der Waals surface area contributed by atoms with Crippen LogP contribution in [0, 0.1) is 6.61 Å². The maximum atomic E-state index is 8.82. The van der Waals surface area contributed by atoms with Gasteiger partial charge in [0.1, 0.15) is 12.4 Å². The lowest BCUT2D eigenvalue weighted by molar-refractivity contribution is 0.401. The van der Waals surface area contributed by atoms with Crippen LogP contribution >= 0.6 is 0 Å². The minimum atomic E-state index is 0.683. The lowest BCUT2D eigenvalue weighted by atomic mass is 10.1. The van der Waals surface area contributed by atoms with Gasteiger partial charge in [0.25, 0.3) is 0 Å². The van der Waals surface area contributed by atoms with Crippen LogP contribution in [0.4, 0.5) is 0 Å². The van der Waals surface area contributed by atoms with Crippen molar-refractivity contribution in [1.29, 1.82) is 0 Å². The lowest BCUT2D eigenvalue weighted by Gasteiger charge is -2.08. The molecule has 0 amide bonds. The number of hydrogen-bond acceptors (Lipinski definition) is 2. The molecule has 1 saturated carbocycles. The molecule has 0 bridgehead atoms. The van der Waals surface area contributed by atoms with Crippen molar-refractivity contribution in [3.05, 3.63) is 35.9 Å². The molecule has 1 fully saturated rings. The number of hydrogen-bond donors (Lipinski definition) is 1. The van der Waals surface area contributed by atoms with Crippen molar-refractivity contribution in [1.82, 2.24) is 0 Å². The van der Waals surface area contributed by atoms with Crippen LogP contribution in [0.15, 0.2) is 18.2 Å². The second-order valence-electron chi connectivity index (χ2n) is 3.40. The van der Waals surface area contributed by atoms with E-state index in [-0.39, 0.29) is 0 Å². The fourth-order valence-corrected chi connectivity index (χ4v) is 1.54. The van der Waals surface area contributed by atoms with E-state index >= 15 is 0 Å². The van der Waals surface area contributed by atoms with Gasteiger partial charge in [0, 0.05) is 0 Å². The molecule has 1 aromatic rings. The van der Waals surface area contributed by atoms with Gasteiger partial charge in [-0.1, -0.05) is 12.1 Å². The van der Waals surface area contributed by atoms with Crippen molar-refractivity contribution in [2.75, 3.05) is 7.11 Å². The molecule has 2 nitrogen and oxygen atoms in total. The van der Waals surface area contributed by atoms with E-state index in [4.69, 9.17) is 9.84 Å². The molecule has 0 saturated heterocycles. The van der Waals surface area contributed by atoms with E-state index in [1.165, 1.54) is 18.4 Å². The average Bonchev–Trinajstić information content (AvgIpc) is 3.00. The summed E-state index contributed by atoms with van der Waals surface area (Å²) >= 11 is 0. The molecule has 0 unspecified atom stereocenters. The third-order valence-electron chi connectivity index (χ3n) is 2.42. The number of ether oxygens (including phenoxy) is 1. The fourth-order valence-electron chi connectivity index (χ4n) is 1.54. The molecule has 1 N–H and O–H groups in total. The maximum Gasteiger partial charge on any atom is 0.122 e. The summed E-state index contributed by atoms with van der Waals surface area (Å²) < 4.78 is 5.26. The quantitative estimate of drug-likeness (QED) is 0.768. The largest absolute Gasteiger partial charge is 0.496 e. The third kappa shape index (κ3) is 1.68. The zero-order chi connectivity index (χ0) is 9.26. The number of benzene rings is 1. The molecule has 0 atom stereocenters. The lowest BCUT2D eigenvalue weighted by Crippen LogP contribution is -1.91. The van der Waals surface area contributed by atoms with Crippen LogP contribution < -0.4 is 4.74 Å². The normalized spacial score (nSPS) is 15.8. The van der Waals surface area contributed by atoms with Crippen LogP contribution in [0.25, 0.3) is 0 Å². The molecule has 0 heterocycles. The highest BCUT2D eigenvalue weighted by atomic mass is 16.5. The highest BCUT2D eigenvalue weighted by Crippen LogP contribution is 2.44. The molecule has 1 radical (unpaired) electrons. The van der Waals surface area contributed by atoms with Crippen molar-refractivity contribution in [2.45, 2.75) is 18.8 Å². The summed E-state index contributed by atoms with van der Waals surface area (Å²) in [6.07, 6.45) is 2.52. The van der Waals surface area contributed by atoms with E-state index in [0.717, 1.165) is 17.9 Å². The maximum absolute atomic E-state index is 8.82. The van der Waals surface area contributed by atoms with Gasteiger partial charge < -0.3 is 9.84 Å². The number of methoxy groups -OCH3 is 1. The molecule has 2 rings (SSSR count). The predicted molar refractivity (Wildman–Crippen MR) is 50.3 cm³/mol. The molecule has 2 heteroatoms. The first-order valence-corrected chi connectivity index (χ1v) is 4.50. The van der Waals surface area contributed by atoms with Gasteiger partial charge in [0.2, 0.25) is 0 Å². The summed E-state index contributed by atoms with van der Waals surface area (Å²) in [7, 11) is 1.67. The van der Waals surface area contributed by atoms with Crippen LogP contribution in [0.5, 0.6) is 5.75 Å². The average molecular weight is 177 g/mol. The fraction of sp³-hybridized carbons (Fsp3) is 0.364. The monoisotopic (exact) mass is 177 g/mol. The number of aliphatic hydroxyl groups excluding tert-OH is 1. The molecule has 0 aliphatic heterocycles. The van der Waals surface area contributed by atoms with Crippen molar-refractivity contribution < 1.29 is 9.84 Å². The second kappa shape index (κ2) is 3.38. The first-order chi connectivity index (χ1) is 6.35. The minimum absolute atomic E-state index is 0.683. The Balaban J connectivity index is 2.33. The summed E-state index contributed by atoms with van der Waals surface area (Å²) in [6, 6.07) is 5.82. The van der Waals surface area contributed by atoms with Crippen molar-refractivity contribution >= 4 is 0 Å². The Kier molecular flexibility index (Phi) is 2.23. The topological polar surface area (TPSA) is 29.5 Å². The Labute approximate surface area is 78.2 Å². The third-order valence-corrected chi connectivity index (χ3v) is 2.42. The Hall–Kier alpha value is -1.02. The predicted octanol–water partition coefficient (Wildman–Crippen LogP) is 2.45. The van der Waals surface area contributed by atoms with Crippen molar-refractivity contribution in [3.63, 3.8) is 0 Å². The van der Waals surface area contributed by atoms with E-state index in [9.17, 15) is 0 Å². The van der Waals surface area contributed by atoms with Gasteiger partial charge in [-0.15, -0.1) is 0 Å². The van der Waals surface area contributed by atoms with E-state index in [1.807, 2.05) is 18.2 Å². The van der Waals surface area contributed by atoms with E-state index in [1.54, 1.807) is 7.11 Å². The van der Waals surface area contributed by atoms with Gasteiger partial charge in [0.05, 0.1) is 7.11 Å². The molecule has 1 aromatic carbocycles. The SMILES string of the molecule is COc1cc([CH]O)ccc1C1CC1. The van der Waals surface area contributed by atoms with Crippen molar-refractivity contribution in [2.24, 2.45) is 0 Å². The first kappa shape index (κ1) is 8.57. The zero-order valence-electron chi connectivity index (χ0n) is 7.66. The standard InChI is InChI=1S/C11H13O2/c1-13-11-6-8(7-12)2-5-10(11)9-3-4-9/h2,5-7,9,12H,3-4H2,1H3. The number of aliphatic hydroxyl groups is 1. The molecule has 0 spiro atoms. The number of rotatable bonds is 3. The summed E-state index contributed by atoms with van der Waals surface area (Å²) in [5, 5.41) is 8.82. The van der Waals surface area contributed by atoms with E-state index in [2.05, 4.69) is 0 Å². The van der Waals surface area contributed by atoms with Gasteiger partial charge in [-0.3, -0.25) is 0 Å². The second-order valence-corrected chi connectivity index (χ2v) is 3.40. The highest BCUT2D eigenvalue weighted by molar-refractivity contribution is 5.43. The summed E-state index contributed by atoms with van der Waals surface area (Å²) in [5.41, 5.74) is 2.06. The molecule has 69 valence electrons. The summed E-state index contributed by atoms with van der Waals surface area (Å²) in [5.74, 6) is 1.58. The van der Waals surface area contributed by atoms with Crippen LogP contribution in [0.1, 0.15) is 29.9 Å². The van der Waals surface area contributed by atoms with Crippen LogP contribution in [-0.4, -0.2) is 12.2 Å². The zero-order valence-corrected chi connectivity index (χ0v) is 7.66. The molecule has 1 aliphatic carbocycles. The Morgan fingerprint density at radius 3 is 2.77 bits per heavy atom. The van der Waals surface area contributed by atoms with Gasteiger partial charge >= 0.3 is 0 Å². The van der Waals surface area contributed by atoms with E-state index in [0.29, 0.717) is 5.92 Å². The molecule has 0 aromatic heterocycles. The van der Waals surface area contributed by atoms with E-state index < -0.39 is 0 Å². The summed E-state index contributed by atoms with van der Waals surface area (Å²) in [4.78, 5) is 0. The highest BCUT2D eigenvalue weighted by Gasteiger charge is 2.26. The summed E-state index contributed by atoms with van der Waals surface area (Å²) in [6.45, 7) is 1.10. The van der Waals surface area contributed by atoms with Gasteiger partial charge in [-0.05, 0) is 36.0 Å². The van der Waals surface area contributed by atoms with Gasteiger partial charge in [-0.2, -0.15) is 0 Å². The van der Waals surface area contributed by atoms with Crippen LogP contribution in [0.2, 0.25) is 0 Å². The molecule has 1 aliphatic rings. The Bertz CT molecular complexity index is 303. The molecular formula is C11H13O2. The van der Waals surface area contributed by atoms with Gasteiger partial charge in [-0.25, -0.2) is 0 Å². The molecule has 13 heavy (non-hydrogen) atoms.